The van der Waals surface area contributed by atoms with Gasteiger partial charge in [0.15, 0.2) is 6.29 Å². The molecule has 0 fully saturated rings. The minimum atomic E-state index is -0.183. The average molecular weight is 815 g/mol. The summed E-state index contributed by atoms with van der Waals surface area (Å²) >= 11 is 1.91. The summed E-state index contributed by atoms with van der Waals surface area (Å²) in [4.78, 5) is 0. The van der Waals surface area contributed by atoms with Crippen molar-refractivity contribution in [3.05, 3.63) is 214 Å². The fourth-order valence-electron chi connectivity index (χ4n) is 10.5. The molecule has 4 nitrogen and oxygen atoms in total. The summed E-state index contributed by atoms with van der Waals surface area (Å²) in [5, 5.41) is 15.8. The number of anilines is 1. The van der Waals surface area contributed by atoms with E-state index in [9.17, 15) is 0 Å². The van der Waals surface area contributed by atoms with Crippen molar-refractivity contribution in [1.29, 1.82) is 0 Å². The van der Waals surface area contributed by atoms with Gasteiger partial charge in [0.1, 0.15) is 0 Å². The lowest BCUT2D eigenvalue weighted by Crippen LogP contribution is -2.40. The van der Waals surface area contributed by atoms with Crippen LogP contribution in [0.15, 0.2) is 188 Å². The molecule has 62 heavy (non-hydrogen) atoms. The van der Waals surface area contributed by atoms with Gasteiger partial charge in [-0.05, 0) is 100 Å². The molecule has 296 valence electrons. The van der Waals surface area contributed by atoms with Gasteiger partial charge in [-0.1, -0.05) is 146 Å². The summed E-state index contributed by atoms with van der Waals surface area (Å²) in [5.74, 6) is 0. The molecule has 0 saturated heterocycles. The number of nitrogens with zero attached hydrogens (tertiary/aromatic N) is 2. The average Bonchev–Trinajstić information content (AvgIpc) is 3.98. The molecule has 1 aliphatic heterocycles. The van der Waals surface area contributed by atoms with E-state index in [1.165, 1.54) is 97.0 Å². The number of hydrogen-bond donors (Lipinski definition) is 2. The van der Waals surface area contributed by atoms with Crippen LogP contribution in [0.3, 0.4) is 0 Å². The van der Waals surface area contributed by atoms with Crippen molar-refractivity contribution < 1.29 is 0 Å². The van der Waals surface area contributed by atoms with Crippen molar-refractivity contribution in [3.8, 4) is 16.8 Å². The second kappa shape index (κ2) is 13.7. The van der Waals surface area contributed by atoms with E-state index in [-0.39, 0.29) is 17.7 Å². The first kappa shape index (κ1) is 35.6. The van der Waals surface area contributed by atoms with Crippen molar-refractivity contribution in [2.45, 2.75) is 31.1 Å². The van der Waals surface area contributed by atoms with E-state index in [4.69, 9.17) is 0 Å². The van der Waals surface area contributed by atoms with E-state index in [2.05, 4.69) is 227 Å². The molecular weight excluding hydrogens is 773 g/mol. The maximum Gasteiger partial charge on any atom is 0.160 e. The molecule has 0 radical (unpaired) electrons. The zero-order chi connectivity index (χ0) is 40.9. The van der Waals surface area contributed by atoms with Crippen LogP contribution < -0.4 is 20.4 Å². The summed E-state index contributed by atoms with van der Waals surface area (Å²) in [6.07, 6.45) is 5.78. The third kappa shape index (κ3) is 5.42. The standard InChI is InChI=1S/C57H42N4S/c1-57(32-31-54-47(35-57)43-17-8-12-22-53(43)62-54)39-28-30-52-46(34-39)42-16-7-11-21-50(42)61(52)56-58-48-19-9-5-18-44(48)55(59-56)37-25-23-36(24-26-37)38-27-29-51-45(33-38)41-15-6-10-20-49(41)60(51)40-13-3-2-4-14-40/h2-31,33-35,55-56,58-59H,32H2,1H3. The van der Waals surface area contributed by atoms with Gasteiger partial charge in [0.05, 0.1) is 28.1 Å². The van der Waals surface area contributed by atoms with Crippen molar-refractivity contribution in [1.82, 2.24) is 14.5 Å². The first-order chi connectivity index (χ1) is 30.6. The zero-order valence-electron chi connectivity index (χ0n) is 34.2. The molecule has 0 saturated carbocycles. The SMILES string of the molecule is CC1(c2ccc3c(c2)c2ccccc2n3C2Nc3ccccc3C(c3ccc(-c4ccc5c(c4)c4ccccc4n5-c4ccccc4)cc3)N2)C=c2c(sc3ccccc23)=CC1. The lowest BCUT2D eigenvalue weighted by Gasteiger charge is -2.36. The van der Waals surface area contributed by atoms with Crippen LogP contribution in [0.2, 0.25) is 0 Å². The van der Waals surface area contributed by atoms with Gasteiger partial charge in [0.2, 0.25) is 0 Å². The number of fused-ring (bicyclic) bond motifs is 10. The molecule has 3 aromatic heterocycles. The number of aromatic nitrogens is 2. The number of benzene rings is 8. The van der Waals surface area contributed by atoms with Crippen molar-refractivity contribution in [3.63, 3.8) is 0 Å². The molecule has 11 aromatic rings. The quantitative estimate of drug-likeness (QED) is 0.181. The molecule has 8 aromatic carbocycles. The Morgan fingerprint density at radius 3 is 2.06 bits per heavy atom. The van der Waals surface area contributed by atoms with Crippen LogP contribution in [0, 0.1) is 0 Å². The molecule has 13 rings (SSSR count). The van der Waals surface area contributed by atoms with E-state index in [1.54, 1.807) is 0 Å². The Labute approximate surface area is 363 Å². The maximum absolute atomic E-state index is 4.08. The highest BCUT2D eigenvalue weighted by atomic mass is 32.1. The summed E-state index contributed by atoms with van der Waals surface area (Å²) in [7, 11) is 0. The number of thiophene rings is 1. The second-order valence-corrected chi connectivity index (χ2v) is 18.3. The summed E-state index contributed by atoms with van der Waals surface area (Å²) in [5.41, 5.74) is 13.3. The molecule has 3 atom stereocenters. The number of rotatable bonds is 5. The molecule has 0 spiro atoms. The van der Waals surface area contributed by atoms with Gasteiger partial charge in [-0.25, -0.2) is 0 Å². The van der Waals surface area contributed by atoms with Gasteiger partial charge in [-0.15, -0.1) is 11.3 Å². The van der Waals surface area contributed by atoms with Crippen molar-refractivity contribution in [2.24, 2.45) is 0 Å². The Bertz CT molecular complexity index is 3700. The fraction of sp³-hybridized carbons (Fsp3) is 0.0877. The maximum atomic E-state index is 4.08. The molecule has 1 aliphatic carbocycles. The molecule has 2 N–H and O–H groups in total. The monoisotopic (exact) mass is 814 g/mol. The Balaban J connectivity index is 0.873. The number of nitrogens with one attached hydrogen (secondary N) is 2. The van der Waals surface area contributed by atoms with Crippen LogP contribution >= 0.6 is 11.3 Å². The second-order valence-electron chi connectivity index (χ2n) is 17.2. The lowest BCUT2D eigenvalue weighted by atomic mass is 9.76. The van der Waals surface area contributed by atoms with Crippen LogP contribution in [-0.2, 0) is 5.41 Å². The Hall–Kier alpha value is -7.18. The Morgan fingerprint density at radius 2 is 1.21 bits per heavy atom. The smallest absolute Gasteiger partial charge is 0.160 e. The normalized spacial score (nSPS) is 18.4. The van der Waals surface area contributed by atoms with Crippen LogP contribution in [0.25, 0.3) is 82.7 Å². The highest BCUT2D eigenvalue weighted by Gasteiger charge is 2.31. The molecular formula is C57H42N4S. The van der Waals surface area contributed by atoms with Crippen LogP contribution in [0.4, 0.5) is 5.69 Å². The third-order valence-electron chi connectivity index (χ3n) is 13.6. The van der Waals surface area contributed by atoms with E-state index >= 15 is 0 Å². The summed E-state index contributed by atoms with van der Waals surface area (Å²) in [6.45, 7) is 2.40. The molecule has 0 bridgehead atoms. The van der Waals surface area contributed by atoms with Crippen molar-refractivity contribution in [2.75, 3.05) is 5.32 Å². The largest absolute Gasteiger partial charge is 0.352 e. The molecule has 2 aliphatic rings. The Morgan fingerprint density at radius 1 is 0.565 bits per heavy atom. The first-order valence-electron chi connectivity index (χ1n) is 21.6. The van der Waals surface area contributed by atoms with Gasteiger partial charge < -0.3 is 14.5 Å². The van der Waals surface area contributed by atoms with Crippen molar-refractivity contribution >= 4 is 82.9 Å². The Kier molecular flexibility index (Phi) is 7.84. The van der Waals surface area contributed by atoms with Crippen LogP contribution in [0.1, 0.15) is 42.4 Å². The van der Waals surface area contributed by atoms with E-state index in [0.717, 1.165) is 12.1 Å². The van der Waals surface area contributed by atoms with Gasteiger partial charge in [0, 0.05) is 53.0 Å². The third-order valence-corrected chi connectivity index (χ3v) is 14.8. The molecule has 3 unspecified atom stereocenters. The van der Waals surface area contributed by atoms with Gasteiger partial charge in [-0.2, -0.15) is 0 Å². The van der Waals surface area contributed by atoms with Gasteiger partial charge in [0.25, 0.3) is 0 Å². The highest BCUT2D eigenvalue weighted by molar-refractivity contribution is 7.17. The van der Waals surface area contributed by atoms with E-state index < -0.39 is 0 Å². The lowest BCUT2D eigenvalue weighted by molar-refractivity contribution is 0.417. The van der Waals surface area contributed by atoms with E-state index in [1.807, 2.05) is 11.3 Å². The minimum Gasteiger partial charge on any atom is -0.352 e. The molecule has 4 heterocycles. The van der Waals surface area contributed by atoms with Gasteiger partial charge in [-0.3, -0.25) is 5.32 Å². The number of hydrogen-bond acceptors (Lipinski definition) is 3. The molecule has 0 amide bonds. The zero-order valence-corrected chi connectivity index (χ0v) is 35.0. The van der Waals surface area contributed by atoms with E-state index in [0.29, 0.717) is 0 Å². The van der Waals surface area contributed by atoms with Crippen LogP contribution in [-0.4, -0.2) is 9.13 Å². The highest BCUT2D eigenvalue weighted by Crippen LogP contribution is 2.42. The molecule has 5 heteroatoms. The minimum absolute atomic E-state index is 0.0192. The summed E-state index contributed by atoms with van der Waals surface area (Å²) < 4.78 is 7.60. The topological polar surface area (TPSA) is 33.9 Å². The first-order valence-corrected chi connectivity index (χ1v) is 22.4. The number of para-hydroxylation sites is 4. The fourth-order valence-corrected chi connectivity index (χ4v) is 11.6. The predicted octanol–water partition coefficient (Wildman–Crippen LogP) is 13.0. The van der Waals surface area contributed by atoms with Crippen LogP contribution in [0.5, 0.6) is 0 Å². The van der Waals surface area contributed by atoms with Gasteiger partial charge >= 0.3 is 0 Å². The predicted molar refractivity (Wildman–Crippen MR) is 262 cm³/mol. The summed E-state index contributed by atoms with van der Waals surface area (Å²) in [6, 6.07) is 69.1.